The van der Waals surface area contributed by atoms with Crippen molar-refractivity contribution in [1.82, 2.24) is 19.9 Å². The molecule has 0 fully saturated rings. The molecule has 0 saturated heterocycles. The van der Waals surface area contributed by atoms with Crippen LogP contribution < -0.4 is 21.4 Å². The number of nitrogens with one attached hydrogen (secondary N) is 4. The van der Waals surface area contributed by atoms with Crippen LogP contribution in [0.15, 0.2) is 146 Å². The number of hydrogen-bond acceptors (Lipinski definition) is 0. The second-order valence-electron chi connectivity index (χ2n) is 12.7. The van der Waals surface area contributed by atoms with Crippen LogP contribution in [0.4, 0.5) is 0 Å². The normalized spacial score (nSPS) is 12.8. The van der Waals surface area contributed by atoms with Crippen LogP contribution in [0.25, 0.3) is 22.3 Å². The van der Waals surface area contributed by atoms with Gasteiger partial charge in [-0.3, -0.25) is 0 Å². The average molecular weight is 755 g/mol. The highest BCUT2D eigenvalue weighted by Crippen LogP contribution is 2.30. The standard InChI is InChI=1S/C44H28Cl4N4/c45-29-9-1-5-25(21-29)41-33-13-15-35(49-33)42(26-6-2-10-30(46)22-26)37-17-19-39(51-37)44(28-8-4-12-32(48)24-28)40-20-18-38(52-40)43(36-16-14-34(41)50-36)27-7-3-11-31(47)23-27/h1-24,49-52H. The summed E-state index contributed by atoms with van der Waals surface area (Å²) in [6, 6.07) is 48.6. The minimum atomic E-state index is 0.651. The Morgan fingerprint density at radius 1 is 0.269 bits per heavy atom. The highest BCUT2D eigenvalue weighted by atomic mass is 35.5. The average Bonchev–Trinajstić information content (AvgIpc) is 3.96. The highest BCUT2D eigenvalue weighted by Gasteiger charge is 2.19. The number of halogens is 4. The van der Waals surface area contributed by atoms with Crippen LogP contribution in [0.5, 0.6) is 0 Å². The molecule has 4 aromatic heterocycles. The second-order valence-corrected chi connectivity index (χ2v) is 14.4. The predicted octanol–water partition coefficient (Wildman–Crippen LogP) is 8.92. The Hall–Kier alpha value is -5.36. The van der Waals surface area contributed by atoms with Gasteiger partial charge < -0.3 is 19.9 Å². The van der Waals surface area contributed by atoms with Gasteiger partial charge in [0.15, 0.2) is 0 Å². The third-order valence-electron chi connectivity index (χ3n) is 9.35. The van der Waals surface area contributed by atoms with E-state index in [4.69, 9.17) is 46.4 Å². The zero-order chi connectivity index (χ0) is 35.3. The number of hydrogen-bond donors (Lipinski definition) is 4. The second kappa shape index (κ2) is 13.3. The number of aromatic amines is 4. The van der Waals surface area contributed by atoms with Crippen LogP contribution in [0.2, 0.25) is 20.1 Å². The first kappa shape index (κ1) is 32.5. The summed E-state index contributed by atoms with van der Waals surface area (Å²) in [4.78, 5) is 15.1. The Balaban J connectivity index is 1.45. The first-order valence-electron chi connectivity index (χ1n) is 16.7. The maximum atomic E-state index is 6.60. The molecular formula is C44H28Cl4N4. The van der Waals surface area contributed by atoms with Crippen molar-refractivity contribution in [3.63, 3.8) is 0 Å². The molecule has 252 valence electrons. The van der Waals surface area contributed by atoms with Gasteiger partial charge in [-0.05, 0) is 119 Å². The Labute approximate surface area is 319 Å². The number of H-pyrrole nitrogens is 4. The van der Waals surface area contributed by atoms with Gasteiger partial charge in [-0.25, -0.2) is 0 Å². The predicted molar refractivity (Wildman–Crippen MR) is 214 cm³/mol. The van der Waals surface area contributed by atoms with Crippen LogP contribution in [-0.4, -0.2) is 19.9 Å². The zero-order valence-electron chi connectivity index (χ0n) is 27.4. The zero-order valence-corrected chi connectivity index (χ0v) is 30.4. The molecule has 4 N–H and O–H groups in total. The summed E-state index contributed by atoms with van der Waals surface area (Å²) in [5, 5.41) is 6.28. The molecule has 0 saturated carbocycles. The van der Waals surface area contributed by atoms with E-state index in [1.165, 1.54) is 0 Å². The van der Waals surface area contributed by atoms with E-state index in [1.54, 1.807) is 0 Å². The number of benzene rings is 4. The molecule has 0 atom stereocenters. The molecular weight excluding hydrogens is 726 g/mol. The summed E-state index contributed by atoms with van der Waals surface area (Å²) in [5.41, 5.74) is 11.4. The Morgan fingerprint density at radius 3 is 0.750 bits per heavy atom. The van der Waals surface area contributed by atoms with Gasteiger partial charge in [0.1, 0.15) is 0 Å². The topological polar surface area (TPSA) is 63.2 Å². The minimum Gasteiger partial charge on any atom is -0.354 e. The van der Waals surface area contributed by atoms with Crippen LogP contribution in [0.1, 0.15) is 45.0 Å². The van der Waals surface area contributed by atoms with Gasteiger partial charge >= 0.3 is 0 Å². The molecule has 0 amide bonds. The molecule has 4 nitrogen and oxygen atoms in total. The maximum absolute atomic E-state index is 6.60. The van der Waals surface area contributed by atoms with E-state index in [0.717, 1.165) is 88.7 Å². The van der Waals surface area contributed by atoms with E-state index in [2.05, 4.69) is 92.7 Å². The van der Waals surface area contributed by atoms with Crippen molar-refractivity contribution < 1.29 is 0 Å². The van der Waals surface area contributed by atoms with Gasteiger partial charge in [-0.1, -0.05) is 94.9 Å². The van der Waals surface area contributed by atoms with E-state index in [9.17, 15) is 0 Å². The van der Waals surface area contributed by atoms with E-state index in [0.29, 0.717) is 20.1 Å². The van der Waals surface area contributed by atoms with Crippen LogP contribution in [0, 0.1) is 0 Å². The van der Waals surface area contributed by atoms with Gasteiger partial charge in [0, 0.05) is 86.6 Å². The molecule has 0 radical (unpaired) electrons. The number of fused-ring (bicyclic) bond motifs is 8. The molecule has 1 aliphatic heterocycles. The lowest BCUT2D eigenvalue weighted by Gasteiger charge is -2.10. The smallest absolute Gasteiger partial charge is 0.0485 e. The maximum Gasteiger partial charge on any atom is 0.0485 e. The van der Waals surface area contributed by atoms with Crippen LogP contribution >= 0.6 is 46.4 Å². The van der Waals surface area contributed by atoms with Crippen molar-refractivity contribution in [2.75, 3.05) is 0 Å². The molecule has 0 spiro atoms. The van der Waals surface area contributed by atoms with Crippen molar-refractivity contribution >= 4 is 68.7 Å². The molecule has 52 heavy (non-hydrogen) atoms. The van der Waals surface area contributed by atoms with Crippen LogP contribution in [0.3, 0.4) is 0 Å². The van der Waals surface area contributed by atoms with Crippen molar-refractivity contribution in [2.45, 2.75) is 0 Å². The quantitative estimate of drug-likeness (QED) is 0.139. The molecule has 0 aliphatic carbocycles. The minimum absolute atomic E-state index is 0.651. The molecule has 9 rings (SSSR count). The first-order chi connectivity index (χ1) is 25.4. The van der Waals surface area contributed by atoms with E-state index in [-0.39, 0.29) is 0 Å². The summed E-state index contributed by atoms with van der Waals surface area (Å²) >= 11 is 26.4. The van der Waals surface area contributed by atoms with Crippen molar-refractivity contribution in [3.05, 3.63) is 232 Å². The van der Waals surface area contributed by atoms with E-state index < -0.39 is 0 Å². The molecule has 1 aliphatic rings. The summed E-state index contributed by atoms with van der Waals surface area (Å²) in [6.45, 7) is 0. The fourth-order valence-corrected chi connectivity index (χ4v) is 7.91. The Morgan fingerprint density at radius 2 is 0.519 bits per heavy atom. The van der Waals surface area contributed by atoms with Crippen LogP contribution in [-0.2, 0) is 0 Å². The van der Waals surface area contributed by atoms with Crippen molar-refractivity contribution in [2.24, 2.45) is 0 Å². The lowest BCUT2D eigenvalue weighted by atomic mass is 10.0. The molecule has 4 aromatic carbocycles. The Bertz CT molecular complexity index is 2530. The fourth-order valence-electron chi connectivity index (χ4n) is 7.15. The molecule has 5 heterocycles. The van der Waals surface area contributed by atoms with Gasteiger partial charge in [0.2, 0.25) is 0 Å². The van der Waals surface area contributed by atoms with Gasteiger partial charge in [0.25, 0.3) is 0 Å². The lowest BCUT2D eigenvalue weighted by molar-refractivity contribution is 1.19. The molecule has 8 heteroatoms. The largest absolute Gasteiger partial charge is 0.354 e. The van der Waals surface area contributed by atoms with Crippen molar-refractivity contribution in [1.29, 1.82) is 0 Å². The summed E-state index contributed by atoms with van der Waals surface area (Å²) in [6.07, 6.45) is 0. The lowest BCUT2D eigenvalue weighted by Crippen LogP contribution is -2.19. The first-order valence-corrected chi connectivity index (χ1v) is 18.2. The van der Waals surface area contributed by atoms with Crippen molar-refractivity contribution in [3.8, 4) is 0 Å². The van der Waals surface area contributed by atoms with Gasteiger partial charge in [0.05, 0.1) is 0 Å². The van der Waals surface area contributed by atoms with E-state index >= 15 is 0 Å². The van der Waals surface area contributed by atoms with E-state index in [1.807, 2.05) is 72.8 Å². The molecule has 8 bridgehead atoms. The van der Waals surface area contributed by atoms with Gasteiger partial charge in [-0.2, -0.15) is 0 Å². The monoisotopic (exact) mass is 752 g/mol. The third kappa shape index (κ3) is 6.04. The summed E-state index contributed by atoms with van der Waals surface area (Å²) in [5.74, 6) is 0. The SMILES string of the molecule is Clc1cccc(C2=c3ccc([nH]3)=C(c3cccc(Cl)c3)c3ccc([nH]3)C(c3cccc(Cl)c3)=c3ccc([nH]3)=C(c3cccc(Cl)c3)c3ccc2[nH]3)c1. The number of aromatic nitrogens is 4. The Kier molecular flexibility index (Phi) is 8.33. The highest BCUT2D eigenvalue weighted by molar-refractivity contribution is 6.31. The summed E-state index contributed by atoms with van der Waals surface area (Å²) < 4.78 is 0. The third-order valence-corrected chi connectivity index (χ3v) is 10.3. The van der Waals surface area contributed by atoms with Gasteiger partial charge in [-0.15, -0.1) is 0 Å². The number of rotatable bonds is 4. The molecule has 0 unspecified atom stereocenters. The molecule has 8 aromatic rings. The fraction of sp³-hybridized carbons (Fsp3) is 0. The summed E-state index contributed by atoms with van der Waals surface area (Å²) in [7, 11) is 0.